The van der Waals surface area contributed by atoms with E-state index in [0.717, 1.165) is 0 Å². The molecular weight excluding hydrogens is 722 g/mol. The predicted octanol–water partition coefficient (Wildman–Crippen LogP) is 1.99. The van der Waals surface area contributed by atoms with E-state index in [1.165, 1.54) is 27.9 Å². The third-order valence-corrected chi connectivity index (χ3v) is 10.4. The van der Waals surface area contributed by atoms with Gasteiger partial charge in [-0.3, -0.25) is 14.4 Å². The first-order chi connectivity index (χ1) is 25.8. The van der Waals surface area contributed by atoms with Gasteiger partial charge < -0.3 is 62.9 Å². The van der Waals surface area contributed by atoms with E-state index in [9.17, 15) is 34.5 Å². The Morgan fingerprint density at radius 2 is 1.65 bits per heavy atom. The van der Waals surface area contributed by atoms with Crippen LogP contribution in [0.15, 0.2) is 24.3 Å². The molecule has 2 saturated heterocycles. The molecule has 3 aliphatic heterocycles. The lowest BCUT2D eigenvalue weighted by Gasteiger charge is -2.50. The zero-order valence-corrected chi connectivity index (χ0v) is 33.8. The molecule has 314 valence electrons. The van der Waals surface area contributed by atoms with Gasteiger partial charge in [0.05, 0.1) is 36.9 Å². The van der Waals surface area contributed by atoms with Crippen LogP contribution >= 0.6 is 0 Å². The molecule has 3 heterocycles. The van der Waals surface area contributed by atoms with Crippen molar-refractivity contribution in [1.29, 1.82) is 0 Å². The Labute approximate surface area is 324 Å². The smallest absolute Gasteiger partial charge is 0.309 e. The number of allylic oxidation sites excluding steroid dienone is 2. The summed E-state index contributed by atoms with van der Waals surface area (Å²) in [6.07, 6.45) is -4.26. The van der Waals surface area contributed by atoms with Crippen molar-refractivity contribution in [3.8, 4) is 0 Å². The minimum absolute atomic E-state index is 0.0477. The fourth-order valence-electron chi connectivity index (χ4n) is 7.73. The number of aldehydes is 1. The second-order valence-corrected chi connectivity index (χ2v) is 15.5. The van der Waals surface area contributed by atoms with Gasteiger partial charge in [0, 0.05) is 40.2 Å². The Hall–Kier alpha value is -2.80. The van der Waals surface area contributed by atoms with E-state index < -0.39 is 121 Å². The van der Waals surface area contributed by atoms with Gasteiger partial charge in [-0.05, 0) is 60.0 Å². The maximum atomic E-state index is 13.2. The maximum absolute atomic E-state index is 13.2. The molecule has 0 aromatic heterocycles. The van der Waals surface area contributed by atoms with Crippen LogP contribution in [0.4, 0.5) is 0 Å². The van der Waals surface area contributed by atoms with Gasteiger partial charge in [-0.2, -0.15) is 0 Å². The summed E-state index contributed by atoms with van der Waals surface area (Å²) in [6.45, 7) is 10.9. The van der Waals surface area contributed by atoms with Crippen LogP contribution in [-0.2, 0) is 57.1 Å². The summed E-state index contributed by atoms with van der Waals surface area (Å²) in [6, 6.07) is -0.778. The number of aliphatic hydroxyl groups excluding tert-OH is 2. The van der Waals surface area contributed by atoms with Gasteiger partial charge in [0.2, 0.25) is 0 Å². The number of carbonyl (C=O) groups is 4. The van der Waals surface area contributed by atoms with E-state index >= 15 is 0 Å². The minimum Gasteiger partial charge on any atom is -0.462 e. The van der Waals surface area contributed by atoms with Crippen molar-refractivity contribution in [1.82, 2.24) is 4.90 Å². The van der Waals surface area contributed by atoms with Crippen molar-refractivity contribution in [2.75, 3.05) is 21.2 Å². The maximum Gasteiger partial charge on any atom is 0.309 e. The SMILES string of the molecule is CO[C@@H]1[C@@H](O[C@@H]2O[C@H](C)[C@@H](O[C@H]3C[C@@](C)(O)[C@@H](OC(C)=O)[C@H](C)O3)[C@H](N(C)C)[C@H]2O)[C@@H](CC=O)C[C@@H](C)[C@@H](O)/C=C/C=C/C[C@@H](C)OC(=O)C[C@H]1OC(C)=O. The monoisotopic (exact) mass is 785 g/mol. The number of nitrogens with zero attached hydrogens (tertiary/aromatic N) is 1. The summed E-state index contributed by atoms with van der Waals surface area (Å²) in [5.74, 6) is -3.01. The van der Waals surface area contributed by atoms with E-state index in [-0.39, 0.29) is 19.3 Å². The standard InChI is InChI=1S/C39H63NO15/c1-21-18-27(16-17-41)35(36(48-10)29(52-25(5)42)19-30(45)49-22(2)14-12-11-13-15-28(21)44)55-38-33(46)32(40(8)9)34(23(3)51-38)54-31-20-39(7,47)37(24(4)50-31)53-26(6)43/h11-13,15,17,21-24,27-29,31-38,44,46-47H,14,16,18-20H2,1-10H3/b12-11+,15-13+/t21-,22-,23-,24+,27+,28+,29-,31+,32-,33-,34-,35+,36+,37+,38+,39-/m1/s1. The van der Waals surface area contributed by atoms with Crippen molar-refractivity contribution < 1.29 is 72.4 Å². The summed E-state index contributed by atoms with van der Waals surface area (Å²) in [4.78, 5) is 51.3. The zero-order valence-electron chi connectivity index (χ0n) is 33.8. The van der Waals surface area contributed by atoms with Crippen LogP contribution in [0.3, 0.4) is 0 Å². The number of cyclic esters (lactones) is 1. The van der Waals surface area contributed by atoms with Crippen LogP contribution in [0.5, 0.6) is 0 Å². The summed E-state index contributed by atoms with van der Waals surface area (Å²) in [5.41, 5.74) is -1.49. The molecule has 16 atom stereocenters. The van der Waals surface area contributed by atoms with Gasteiger partial charge in [-0.1, -0.05) is 31.2 Å². The molecule has 0 radical (unpaired) electrons. The highest BCUT2D eigenvalue weighted by molar-refractivity contribution is 5.72. The van der Waals surface area contributed by atoms with Crippen LogP contribution in [-0.4, -0.2) is 151 Å². The Morgan fingerprint density at radius 3 is 2.24 bits per heavy atom. The van der Waals surface area contributed by atoms with Gasteiger partial charge in [-0.25, -0.2) is 0 Å². The average Bonchev–Trinajstić information content (AvgIpc) is 3.06. The molecule has 0 aromatic rings. The number of likely N-dealkylation sites (N-methyl/N-ethyl adjacent to an activating group) is 1. The van der Waals surface area contributed by atoms with Crippen LogP contribution in [0.25, 0.3) is 0 Å². The van der Waals surface area contributed by atoms with Crippen molar-refractivity contribution in [3.05, 3.63) is 24.3 Å². The van der Waals surface area contributed by atoms with E-state index in [1.807, 2.05) is 6.92 Å². The second-order valence-electron chi connectivity index (χ2n) is 15.5. The Morgan fingerprint density at radius 1 is 0.982 bits per heavy atom. The second kappa shape index (κ2) is 21.1. The topological polar surface area (TPSA) is 206 Å². The predicted molar refractivity (Wildman–Crippen MR) is 196 cm³/mol. The Balaban J connectivity index is 2.01. The number of hydrogen-bond donors (Lipinski definition) is 3. The molecule has 0 bridgehead atoms. The van der Waals surface area contributed by atoms with Crippen LogP contribution in [0, 0.1) is 11.8 Å². The fourth-order valence-corrected chi connectivity index (χ4v) is 7.73. The molecule has 2 fully saturated rings. The number of hydrogen-bond acceptors (Lipinski definition) is 16. The molecule has 0 saturated carbocycles. The van der Waals surface area contributed by atoms with Crippen molar-refractivity contribution >= 4 is 24.2 Å². The third kappa shape index (κ3) is 13.1. The minimum atomic E-state index is -1.49. The van der Waals surface area contributed by atoms with Crippen LogP contribution < -0.4 is 0 Å². The third-order valence-electron chi connectivity index (χ3n) is 10.4. The molecule has 3 rings (SSSR count). The number of esters is 3. The number of rotatable bonds is 10. The quantitative estimate of drug-likeness (QED) is 0.165. The fraction of sp³-hybridized carbons (Fsp3) is 0.795. The molecule has 16 nitrogen and oxygen atoms in total. The molecule has 0 unspecified atom stereocenters. The highest BCUT2D eigenvalue weighted by Crippen LogP contribution is 2.37. The molecule has 0 aliphatic carbocycles. The van der Waals surface area contributed by atoms with E-state index in [4.69, 9.17) is 37.9 Å². The number of carbonyl (C=O) groups excluding carboxylic acids is 4. The van der Waals surface area contributed by atoms with Gasteiger partial charge in [0.15, 0.2) is 18.7 Å². The lowest BCUT2D eigenvalue weighted by atomic mass is 9.82. The average molecular weight is 786 g/mol. The molecule has 3 N–H and O–H groups in total. The summed E-state index contributed by atoms with van der Waals surface area (Å²) in [5, 5.41) is 34.3. The molecule has 55 heavy (non-hydrogen) atoms. The molecular formula is C39H63NO15. The molecule has 0 spiro atoms. The van der Waals surface area contributed by atoms with E-state index in [1.54, 1.807) is 64.1 Å². The van der Waals surface area contributed by atoms with Gasteiger partial charge in [0.25, 0.3) is 0 Å². The molecule has 0 aromatic carbocycles. The summed E-state index contributed by atoms with van der Waals surface area (Å²) in [7, 11) is 4.84. The van der Waals surface area contributed by atoms with Gasteiger partial charge >= 0.3 is 17.9 Å². The highest BCUT2D eigenvalue weighted by atomic mass is 16.7. The Kier molecular flexibility index (Phi) is 17.9. The largest absolute Gasteiger partial charge is 0.462 e. The summed E-state index contributed by atoms with van der Waals surface area (Å²) >= 11 is 0. The van der Waals surface area contributed by atoms with Gasteiger partial charge in [0.1, 0.15) is 42.4 Å². The van der Waals surface area contributed by atoms with Crippen molar-refractivity contribution in [2.45, 2.75) is 166 Å². The van der Waals surface area contributed by atoms with Crippen molar-refractivity contribution in [3.63, 3.8) is 0 Å². The van der Waals surface area contributed by atoms with E-state index in [2.05, 4.69) is 0 Å². The number of aliphatic hydroxyl groups is 3. The molecule has 0 amide bonds. The first-order valence-electron chi connectivity index (χ1n) is 19.0. The zero-order chi connectivity index (χ0) is 41.2. The van der Waals surface area contributed by atoms with Crippen molar-refractivity contribution in [2.24, 2.45) is 11.8 Å². The lowest BCUT2D eigenvalue weighted by molar-refractivity contribution is -0.344. The van der Waals surface area contributed by atoms with Crippen LogP contribution in [0.2, 0.25) is 0 Å². The summed E-state index contributed by atoms with van der Waals surface area (Å²) < 4.78 is 48.0. The van der Waals surface area contributed by atoms with Gasteiger partial charge in [-0.15, -0.1) is 0 Å². The Bertz CT molecular complexity index is 1320. The molecule has 3 aliphatic rings. The van der Waals surface area contributed by atoms with Crippen LogP contribution in [0.1, 0.15) is 80.6 Å². The normalized spacial score (nSPS) is 42.1. The lowest BCUT2D eigenvalue weighted by Crippen LogP contribution is -2.66. The first-order valence-corrected chi connectivity index (χ1v) is 19.0. The number of ether oxygens (including phenoxy) is 8. The first kappa shape index (κ1) is 46.6. The van der Waals surface area contributed by atoms with E-state index in [0.29, 0.717) is 12.7 Å². The highest BCUT2D eigenvalue weighted by Gasteiger charge is 2.52. The molecule has 16 heteroatoms. The number of methoxy groups -OCH3 is 1.